The van der Waals surface area contributed by atoms with Crippen molar-refractivity contribution in [3.8, 4) is 0 Å². The molecular weight excluding hydrogens is 457 g/mol. The topological polar surface area (TPSA) is 81.8 Å². The van der Waals surface area contributed by atoms with E-state index in [-0.39, 0.29) is 11.0 Å². The summed E-state index contributed by atoms with van der Waals surface area (Å²) in [7, 11) is 5.80. The number of aliphatic hydroxyl groups is 2. The Kier molecular flexibility index (Phi) is 16.9. The molecule has 0 amide bonds. The smallest absolute Gasteiger partial charge is 0.253 e. The van der Waals surface area contributed by atoms with Gasteiger partial charge in [0.2, 0.25) is 0 Å². The molecule has 33 heavy (non-hydrogen) atoms. The van der Waals surface area contributed by atoms with E-state index in [1.54, 1.807) is 18.7 Å². The van der Waals surface area contributed by atoms with E-state index in [9.17, 15) is 4.39 Å². The van der Waals surface area contributed by atoms with Crippen molar-refractivity contribution in [2.75, 3.05) is 21.1 Å². The minimum Gasteiger partial charge on any atom is -0.487 e. The van der Waals surface area contributed by atoms with Crippen LogP contribution < -0.4 is 11.1 Å². The van der Waals surface area contributed by atoms with E-state index in [4.69, 9.17) is 10.2 Å². The van der Waals surface area contributed by atoms with Crippen molar-refractivity contribution in [1.29, 1.82) is 0 Å². The average Bonchev–Trinajstić information content (AvgIpc) is 2.75. The standard InChI is InChI=1S/C15H23N.C7H7F.C2H5NOS.CH3NOS/c1-16(2)12-13-8-10-15(11-9-13)14-6-4-3-5-7-14;1-6-3-2-4-7(8)5-6;1-3-2(4)5;2-1(3)4/h8-11,14H,3-7,12H2,1-2H3;2-5H,1H3;1H3,(H2,3,4,5);(H3,2,3,4). The Morgan fingerprint density at radius 1 is 1.06 bits per heavy atom. The minimum absolute atomic E-state index is 0.162. The van der Waals surface area contributed by atoms with Crippen LogP contribution in [0, 0.1) is 12.7 Å². The van der Waals surface area contributed by atoms with E-state index in [0.29, 0.717) is 0 Å². The molecule has 0 spiro atoms. The molecule has 0 unspecified atom stereocenters. The predicted octanol–water partition coefficient (Wildman–Crippen LogP) is 5.77. The molecule has 1 aliphatic carbocycles. The van der Waals surface area contributed by atoms with Gasteiger partial charge in [-0.25, -0.2) is 4.39 Å². The number of hydrogen-bond acceptors (Lipinski definition) is 3. The number of hydrogen-bond donors (Lipinski definition) is 4. The third-order valence-electron chi connectivity index (χ3n) is 4.75. The van der Waals surface area contributed by atoms with E-state index >= 15 is 0 Å². The molecule has 0 aliphatic heterocycles. The molecule has 184 valence electrons. The highest BCUT2D eigenvalue weighted by molar-refractivity contribution is 7.80. The monoisotopic (exact) mass is 495 g/mol. The summed E-state index contributed by atoms with van der Waals surface area (Å²) in [6.45, 7) is 2.91. The Morgan fingerprint density at radius 2 is 1.58 bits per heavy atom. The van der Waals surface area contributed by atoms with Gasteiger partial charge in [0.25, 0.3) is 10.3 Å². The molecule has 2 aromatic carbocycles. The molecule has 0 atom stereocenters. The third kappa shape index (κ3) is 17.9. The molecule has 8 heteroatoms. The van der Waals surface area contributed by atoms with Gasteiger partial charge in [0.05, 0.1) is 0 Å². The number of nitrogens with two attached hydrogens (primary N) is 1. The number of aryl methyl sites for hydroxylation is 1. The zero-order valence-electron chi connectivity index (χ0n) is 20.1. The molecule has 5 N–H and O–H groups in total. The number of halogens is 1. The van der Waals surface area contributed by atoms with Crippen molar-refractivity contribution in [2.45, 2.75) is 51.5 Å². The molecule has 0 saturated heterocycles. The third-order valence-corrected chi connectivity index (χ3v) is 4.95. The van der Waals surface area contributed by atoms with Crippen molar-refractivity contribution in [2.24, 2.45) is 5.73 Å². The highest BCUT2D eigenvalue weighted by Gasteiger charge is 2.14. The highest BCUT2D eigenvalue weighted by atomic mass is 32.1. The predicted molar refractivity (Wildman–Crippen MR) is 144 cm³/mol. The number of thiocarbonyl (C=S) groups is 2. The molecule has 0 bridgehead atoms. The molecule has 0 radical (unpaired) electrons. The summed E-state index contributed by atoms with van der Waals surface area (Å²) in [5, 5.41) is 17.2. The van der Waals surface area contributed by atoms with Gasteiger partial charge in [-0.05, 0) is 93.0 Å². The van der Waals surface area contributed by atoms with Crippen molar-refractivity contribution in [3.63, 3.8) is 0 Å². The first kappa shape index (κ1) is 30.7. The van der Waals surface area contributed by atoms with Gasteiger partial charge in [-0.15, -0.1) is 0 Å². The molecule has 1 saturated carbocycles. The van der Waals surface area contributed by atoms with Gasteiger partial charge in [0.15, 0.2) is 0 Å². The summed E-state index contributed by atoms with van der Waals surface area (Å²) < 4.78 is 12.2. The quantitative estimate of drug-likeness (QED) is 0.403. The van der Waals surface area contributed by atoms with Crippen LogP contribution in [-0.4, -0.2) is 46.6 Å². The van der Waals surface area contributed by atoms with Gasteiger partial charge >= 0.3 is 0 Å². The van der Waals surface area contributed by atoms with Crippen LogP contribution in [-0.2, 0) is 6.54 Å². The fourth-order valence-corrected chi connectivity index (χ4v) is 3.30. The molecule has 1 fully saturated rings. The van der Waals surface area contributed by atoms with Gasteiger partial charge in [0, 0.05) is 13.6 Å². The van der Waals surface area contributed by atoms with E-state index in [1.807, 2.05) is 13.0 Å². The second-order valence-corrected chi connectivity index (χ2v) is 8.81. The van der Waals surface area contributed by atoms with Crippen molar-refractivity contribution < 1.29 is 14.6 Å². The largest absolute Gasteiger partial charge is 0.487 e. The second kappa shape index (κ2) is 18.2. The first-order valence-electron chi connectivity index (χ1n) is 10.9. The lowest BCUT2D eigenvalue weighted by molar-refractivity contribution is 0.402. The van der Waals surface area contributed by atoms with Crippen LogP contribution in [0.15, 0.2) is 48.5 Å². The molecule has 2 aromatic rings. The first-order chi connectivity index (χ1) is 15.5. The second-order valence-electron chi connectivity index (χ2n) is 8.01. The average molecular weight is 496 g/mol. The minimum atomic E-state index is -0.500. The van der Waals surface area contributed by atoms with Gasteiger partial charge in [-0.1, -0.05) is 55.7 Å². The fourth-order valence-electron chi connectivity index (χ4n) is 3.30. The lowest BCUT2D eigenvalue weighted by Crippen LogP contribution is -2.12. The highest BCUT2D eigenvalue weighted by Crippen LogP contribution is 2.32. The summed E-state index contributed by atoms with van der Waals surface area (Å²) in [5.74, 6) is 0.673. The lowest BCUT2D eigenvalue weighted by Gasteiger charge is -2.22. The van der Waals surface area contributed by atoms with Gasteiger partial charge in [-0.2, -0.15) is 0 Å². The van der Waals surface area contributed by atoms with Gasteiger partial charge in [-0.3, -0.25) is 0 Å². The summed E-state index contributed by atoms with van der Waals surface area (Å²) in [6, 6.07) is 15.8. The van der Waals surface area contributed by atoms with E-state index in [0.717, 1.165) is 18.0 Å². The molecular formula is C25H38FN3O2S2. The number of nitrogens with zero attached hydrogens (tertiary/aromatic N) is 1. The summed E-state index contributed by atoms with van der Waals surface area (Å²) >= 11 is 8.01. The van der Waals surface area contributed by atoms with Crippen molar-refractivity contribution >= 4 is 34.8 Å². The van der Waals surface area contributed by atoms with Crippen LogP contribution in [0.4, 0.5) is 4.39 Å². The normalized spacial score (nSPS) is 12.7. The Balaban J connectivity index is 0.000000501. The molecule has 1 aliphatic rings. The van der Waals surface area contributed by atoms with Crippen LogP contribution in [0.2, 0.25) is 0 Å². The first-order valence-corrected chi connectivity index (χ1v) is 11.7. The Hall–Kier alpha value is -2.29. The van der Waals surface area contributed by atoms with E-state index in [1.165, 1.54) is 49.8 Å². The number of rotatable bonds is 3. The maximum atomic E-state index is 12.2. The fraction of sp³-hybridized carbons (Fsp3) is 0.440. The van der Waals surface area contributed by atoms with Gasteiger partial charge < -0.3 is 26.2 Å². The van der Waals surface area contributed by atoms with Crippen molar-refractivity contribution in [1.82, 2.24) is 10.2 Å². The van der Waals surface area contributed by atoms with Crippen LogP contribution >= 0.6 is 24.4 Å². The Bertz CT molecular complexity index is 790. The molecule has 0 aromatic heterocycles. The summed E-state index contributed by atoms with van der Waals surface area (Å²) in [6.07, 6.45) is 7.07. The van der Waals surface area contributed by atoms with Gasteiger partial charge in [0.1, 0.15) is 5.82 Å². The van der Waals surface area contributed by atoms with Crippen LogP contribution in [0.25, 0.3) is 0 Å². The number of nitrogens with one attached hydrogen (secondary N) is 1. The summed E-state index contributed by atoms with van der Waals surface area (Å²) in [5.41, 5.74) is 8.34. The van der Waals surface area contributed by atoms with Crippen LogP contribution in [0.5, 0.6) is 0 Å². The zero-order valence-corrected chi connectivity index (χ0v) is 21.7. The Labute approximate surface area is 208 Å². The molecule has 5 nitrogen and oxygen atoms in total. The van der Waals surface area contributed by atoms with E-state index < -0.39 is 5.17 Å². The van der Waals surface area contributed by atoms with Crippen LogP contribution in [0.1, 0.15) is 54.7 Å². The lowest BCUT2D eigenvalue weighted by atomic mass is 9.84. The molecule has 3 rings (SSSR count). The molecule has 0 heterocycles. The summed E-state index contributed by atoms with van der Waals surface area (Å²) in [4.78, 5) is 2.22. The van der Waals surface area contributed by atoms with Crippen LogP contribution in [0.3, 0.4) is 0 Å². The number of benzene rings is 2. The number of aliphatic hydroxyl groups excluding tert-OH is 2. The van der Waals surface area contributed by atoms with E-state index in [2.05, 4.69) is 78.7 Å². The Morgan fingerprint density at radius 3 is 1.94 bits per heavy atom. The van der Waals surface area contributed by atoms with Crippen molar-refractivity contribution in [3.05, 3.63) is 71.0 Å². The maximum Gasteiger partial charge on any atom is 0.253 e. The SMILES string of the molecule is CN(C)Cc1ccc(C2CCCCC2)cc1.CNC(O)=S.Cc1cccc(F)c1.NC(O)=S. The maximum absolute atomic E-state index is 12.2. The zero-order chi connectivity index (χ0) is 25.2.